The van der Waals surface area contributed by atoms with E-state index in [0.29, 0.717) is 0 Å². The first-order valence-corrected chi connectivity index (χ1v) is 6.02. The largest absolute Gasteiger partial charge is 0.354 e. The maximum Gasteiger partial charge on any atom is 0.233 e. The van der Waals surface area contributed by atoms with Gasteiger partial charge in [-0.2, -0.15) is 0 Å². The standard InChI is InChI=1S/C9H19N3O.C2H6/c10-8-9(13)11-4-7-12-5-2-1-3-6-12;1-2/h1-8,10H2,(H,11,13);1-2H3. The third-order valence-corrected chi connectivity index (χ3v) is 2.38. The number of hydrogen-bond acceptors (Lipinski definition) is 3. The van der Waals surface area contributed by atoms with Crippen molar-refractivity contribution in [2.75, 3.05) is 32.7 Å². The highest BCUT2D eigenvalue weighted by Crippen LogP contribution is 2.06. The molecule has 1 rings (SSSR count). The molecule has 1 aliphatic rings. The summed E-state index contributed by atoms with van der Waals surface area (Å²) in [6.45, 7) is 8.15. The SMILES string of the molecule is CC.NCC(=O)NCCN1CCCCC1. The van der Waals surface area contributed by atoms with Gasteiger partial charge in [-0.15, -0.1) is 0 Å². The molecule has 0 bridgehead atoms. The molecule has 4 heteroatoms. The minimum absolute atomic E-state index is 0.0583. The Morgan fingerprint density at radius 3 is 2.40 bits per heavy atom. The first-order valence-electron chi connectivity index (χ1n) is 6.02. The fourth-order valence-corrected chi connectivity index (χ4v) is 1.61. The highest BCUT2D eigenvalue weighted by molar-refractivity contribution is 5.77. The Labute approximate surface area is 93.2 Å². The Hall–Kier alpha value is -0.610. The normalized spacial score (nSPS) is 16.5. The molecule has 1 heterocycles. The molecule has 0 radical (unpaired) electrons. The molecule has 0 atom stereocenters. The number of nitrogens with zero attached hydrogens (tertiary/aromatic N) is 1. The molecule has 1 fully saturated rings. The summed E-state index contributed by atoms with van der Waals surface area (Å²) in [7, 11) is 0. The molecule has 0 unspecified atom stereocenters. The van der Waals surface area contributed by atoms with Gasteiger partial charge in [0.1, 0.15) is 0 Å². The summed E-state index contributed by atoms with van der Waals surface area (Å²) in [5, 5.41) is 2.77. The first-order chi connectivity index (χ1) is 7.33. The number of carbonyl (C=O) groups is 1. The van der Waals surface area contributed by atoms with Crippen LogP contribution in [0.3, 0.4) is 0 Å². The van der Waals surface area contributed by atoms with E-state index in [4.69, 9.17) is 5.73 Å². The summed E-state index contributed by atoms with van der Waals surface area (Å²) < 4.78 is 0. The lowest BCUT2D eigenvalue weighted by Gasteiger charge is -2.26. The zero-order chi connectivity index (χ0) is 11.5. The van der Waals surface area contributed by atoms with Gasteiger partial charge in [-0.3, -0.25) is 4.79 Å². The quantitative estimate of drug-likeness (QED) is 0.721. The van der Waals surface area contributed by atoms with Crippen LogP contribution >= 0.6 is 0 Å². The van der Waals surface area contributed by atoms with Gasteiger partial charge in [0.15, 0.2) is 0 Å². The Kier molecular flexibility index (Phi) is 9.52. The van der Waals surface area contributed by atoms with E-state index in [2.05, 4.69) is 10.2 Å². The van der Waals surface area contributed by atoms with Gasteiger partial charge >= 0.3 is 0 Å². The van der Waals surface area contributed by atoms with Crippen LogP contribution in [0.15, 0.2) is 0 Å². The van der Waals surface area contributed by atoms with Crippen molar-refractivity contribution in [1.29, 1.82) is 0 Å². The molecule has 1 aliphatic heterocycles. The van der Waals surface area contributed by atoms with Crippen LogP contribution in [0.2, 0.25) is 0 Å². The van der Waals surface area contributed by atoms with Crippen LogP contribution in [0.5, 0.6) is 0 Å². The molecule has 0 aromatic carbocycles. The predicted octanol–water partition coefficient (Wildman–Crippen LogP) is 0.573. The molecule has 90 valence electrons. The fraction of sp³-hybridized carbons (Fsp3) is 0.909. The second kappa shape index (κ2) is 9.93. The average Bonchev–Trinajstić information content (AvgIpc) is 2.33. The van der Waals surface area contributed by atoms with Crippen molar-refractivity contribution >= 4 is 5.91 Å². The molecule has 0 saturated carbocycles. The van der Waals surface area contributed by atoms with E-state index < -0.39 is 0 Å². The van der Waals surface area contributed by atoms with Crippen molar-refractivity contribution < 1.29 is 4.79 Å². The summed E-state index contributed by atoms with van der Waals surface area (Å²) >= 11 is 0. The molecule has 0 aliphatic carbocycles. The van der Waals surface area contributed by atoms with Crippen LogP contribution in [-0.2, 0) is 4.79 Å². The van der Waals surface area contributed by atoms with Crippen molar-refractivity contribution in [3.05, 3.63) is 0 Å². The number of nitrogens with one attached hydrogen (secondary N) is 1. The van der Waals surface area contributed by atoms with Crippen molar-refractivity contribution in [3.8, 4) is 0 Å². The summed E-state index contributed by atoms with van der Waals surface area (Å²) in [5.41, 5.74) is 5.17. The molecular weight excluding hydrogens is 190 g/mol. The molecule has 4 nitrogen and oxygen atoms in total. The highest BCUT2D eigenvalue weighted by Gasteiger charge is 2.09. The van der Waals surface area contributed by atoms with E-state index in [9.17, 15) is 4.79 Å². The maximum absolute atomic E-state index is 10.8. The topological polar surface area (TPSA) is 58.4 Å². The zero-order valence-corrected chi connectivity index (χ0v) is 10.1. The summed E-state index contributed by atoms with van der Waals surface area (Å²) in [6, 6.07) is 0. The molecule has 15 heavy (non-hydrogen) atoms. The third kappa shape index (κ3) is 7.33. The smallest absolute Gasteiger partial charge is 0.233 e. The van der Waals surface area contributed by atoms with Crippen molar-refractivity contribution in [3.63, 3.8) is 0 Å². The van der Waals surface area contributed by atoms with Gasteiger partial charge in [0.05, 0.1) is 6.54 Å². The number of piperidine rings is 1. The third-order valence-electron chi connectivity index (χ3n) is 2.38. The van der Waals surface area contributed by atoms with Gasteiger partial charge in [0.2, 0.25) is 5.91 Å². The van der Waals surface area contributed by atoms with Crippen LogP contribution in [0.4, 0.5) is 0 Å². The van der Waals surface area contributed by atoms with Crippen molar-refractivity contribution in [1.82, 2.24) is 10.2 Å². The van der Waals surface area contributed by atoms with Gasteiger partial charge in [-0.25, -0.2) is 0 Å². The summed E-state index contributed by atoms with van der Waals surface area (Å²) in [5.74, 6) is -0.0583. The second-order valence-corrected chi connectivity index (χ2v) is 3.46. The number of carbonyl (C=O) groups excluding carboxylic acids is 1. The molecule has 0 spiro atoms. The number of hydrogen-bond donors (Lipinski definition) is 2. The minimum atomic E-state index is -0.0583. The fourth-order valence-electron chi connectivity index (χ4n) is 1.61. The molecule has 3 N–H and O–H groups in total. The Morgan fingerprint density at radius 1 is 1.27 bits per heavy atom. The van der Waals surface area contributed by atoms with E-state index in [1.807, 2.05) is 13.8 Å². The molecule has 1 saturated heterocycles. The summed E-state index contributed by atoms with van der Waals surface area (Å²) in [6.07, 6.45) is 3.95. The molecular formula is C11H25N3O. The number of rotatable bonds is 4. The van der Waals surface area contributed by atoms with Crippen molar-refractivity contribution in [2.24, 2.45) is 5.73 Å². The van der Waals surface area contributed by atoms with Crippen LogP contribution in [-0.4, -0.2) is 43.5 Å². The van der Waals surface area contributed by atoms with Crippen LogP contribution < -0.4 is 11.1 Å². The zero-order valence-electron chi connectivity index (χ0n) is 10.1. The second-order valence-electron chi connectivity index (χ2n) is 3.46. The Bertz CT molecular complexity index is 156. The van der Waals surface area contributed by atoms with Crippen LogP contribution in [0.1, 0.15) is 33.1 Å². The van der Waals surface area contributed by atoms with E-state index in [1.165, 1.54) is 32.4 Å². The predicted molar refractivity (Wildman–Crippen MR) is 63.7 cm³/mol. The van der Waals surface area contributed by atoms with E-state index >= 15 is 0 Å². The van der Waals surface area contributed by atoms with E-state index in [1.54, 1.807) is 0 Å². The Balaban J connectivity index is 0.000000921. The summed E-state index contributed by atoms with van der Waals surface area (Å²) in [4.78, 5) is 13.2. The lowest BCUT2D eigenvalue weighted by molar-refractivity contribution is -0.119. The number of nitrogens with two attached hydrogens (primary N) is 1. The lowest BCUT2D eigenvalue weighted by atomic mass is 10.1. The van der Waals surface area contributed by atoms with Crippen molar-refractivity contribution in [2.45, 2.75) is 33.1 Å². The molecule has 1 amide bonds. The van der Waals surface area contributed by atoms with Gasteiger partial charge in [-0.05, 0) is 25.9 Å². The number of amides is 1. The molecule has 0 aromatic heterocycles. The number of likely N-dealkylation sites (tertiary alicyclic amines) is 1. The minimum Gasteiger partial charge on any atom is -0.354 e. The molecule has 0 aromatic rings. The van der Waals surface area contributed by atoms with Crippen LogP contribution in [0.25, 0.3) is 0 Å². The monoisotopic (exact) mass is 215 g/mol. The average molecular weight is 215 g/mol. The van der Waals surface area contributed by atoms with E-state index in [0.717, 1.165) is 13.1 Å². The maximum atomic E-state index is 10.8. The van der Waals surface area contributed by atoms with E-state index in [-0.39, 0.29) is 12.5 Å². The van der Waals surface area contributed by atoms with Gasteiger partial charge in [0.25, 0.3) is 0 Å². The van der Waals surface area contributed by atoms with Gasteiger partial charge < -0.3 is 16.0 Å². The van der Waals surface area contributed by atoms with Crippen LogP contribution in [0, 0.1) is 0 Å². The first kappa shape index (κ1) is 14.4. The lowest BCUT2D eigenvalue weighted by Crippen LogP contribution is -2.39. The van der Waals surface area contributed by atoms with Gasteiger partial charge in [0, 0.05) is 13.1 Å². The Morgan fingerprint density at radius 2 is 1.87 bits per heavy atom. The van der Waals surface area contributed by atoms with Gasteiger partial charge in [-0.1, -0.05) is 20.3 Å². The highest BCUT2D eigenvalue weighted by atomic mass is 16.1.